The predicted molar refractivity (Wildman–Crippen MR) is 96.6 cm³/mol. The summed E-state index contributed by atoms with van der Waals surface area (Å²) in [6.07, 6.45) is 7.00. The normalized spacial score (nSPS) is 19.6. The van der Waals surface area contributed by atoms with E-state index in [1.165, 1.54) is 17.2 Å². The van der Waals surface area contributed by atoms with Gasteiger partial charge in [-0.25, -0.2) is 13.8 Å². The molecule has 1 aliphatic heterocycles. The van der Waals surface area contributed by atoms with Gasteiger partial charge >= 0.3 is 0 Å². The number of rotatable bonds is 4. The molecule has 1 unspecified atom stereocenters. The number of thioether (sulfide) groups is 1. The van der Waals surface area contributed by atoms with E-state index in [0.717, 1.165) is 18.2 Å². The van der Waals surface area contributed by atoms with Gasteiger partial charge in [0.2, 0.25) is 0 Å². The molecule has 4 rings (SSSR count). The predicted octanol–water partition coefficient (Wildman–Crippen LogP) is 4.59. The first-order valence-electron chi connectivity index (χ1n) is 8.28. The van der Waals surface area contributed by atoms with Gasteiger partial charge in [-0.3, -0.25) is 0 Å². The zero-order valence-electron chi connectivity index (χ0n) is 13.7. The summed E-state index contributed by atoms with van der Waals surface area (Å²) in [5, 5.41) is 0. The van der Waals surface area contributed by atoms with Gasteiger partial charge in [0.25, 0.3) is 0 Å². The second kappa shape index (κ2) is 6.64. The van der Waals surface area contributed by atoms with Crippen LogP contribution in [-0.4, -0.2) is 15.3 Å². The topological polar surface area (TPSA) is 17.8 Å². The third kappa shape index (κ3) is 3.21. The van der Waals surface area contributed by atoms with E-state index in [1.54, 1.807) is 18.6 Å². The first-order valence-corrected chi connectivity index (χ1v) is 9.27. The first-order chi connectivity index (χ1) is 12.2. The Hall–Kier alpha value is -2.14. The number of benzene rings is 2. The molecule has 2 heterocycles. The van der Waals surface area contributed by atoms with E-state index in [4.69, 9.17) is 0 Å². The molecule has 1 atom stereocenters. The highest BCUT2D eigenvalue weighted by atomic mass is 32.2. The summed E-state index contributed by atoms with van der Waals surface area (Å²) >= 11 is 1.85. The second-order valence-electron chi connectivity index (χ2n) is 6.40. The molecule has 0 amide bonds. The van der Waals surface area contributed by atoms with Crippen LogP contribution < -0.4 is 0 Å². The fourth-order valence-electron chi connectivity index (χ4n) is 3.60. The Bertz CT molecular complexity index is 879. The van der Waals surface area contributed by atoms with Crippen molar-refractivity contribution in [1.29, 1.82) is 0 Å². The van der Waals surface area contributed by atoms with E-state index in [-0.39, 0.29) is 4.75 Å². The third-order valence-electron chi connectivity index (χ3n) is 4.75. The van der Waals surface area contributed by atoms with Crippen LogP contribution in [0.2, 0.25) is 0 Å². The molecule has 0 aliphatic carbocycles. The van der Waals surface area contributed by atoms with Crippen molar-refractivity contribution >= 4 is 11.8 Å². The van der Waals surface area contributed by atoms with E-state index < -0.39 is 11.6 Å². The van der Waals surface area contributed by atoms with Crippen LogP contribution in [0, 0.1) is 11.6 Å². The Morgan fingerprint density at radius 3 is 2.84 bits per heavy atom. The molecule has 5 heteroatoms. The maximum absolute atomic E-state index is 14.4. The zero-order valence-corrected chi connectivity index (χ0v) is 14.5. The van der Waals surface area contributed by atoms with Crippen molar-refractivity contribution in [3.8, 4) is 0 Å². The molecule has 1 aromatic heterocycles. The first kappa shape index (κ1) is 16.3. The molecule has 0 bridgehead atoms. The van der Waals surface area contributed by atoms with Gasteiger partial charge in [-0.2, -0.15) is 0 Å². The lowest BCUT2D eigenvalue weighted by Crippen LogP contribution is -2.35. The molecular formula is C20H18F2N2S. The summed E-state index contributed by atoms with van der Waals surface area (Å²) < 4.78 is 29.4. The van der Waals surface area contributed by atoms with E-state index in [0.29, 0.717) is 18.5 Å². The average molecular weight is 356 g/mol. The van der Waals surface area contributed by atoms with Crippen LogP contribution in [0.3, 0.4) is 0 Å². The van der Waals surface area contributed by atoms with Gasteiger partial charge in [-0.05, 0) is 41.4 Å². The van der Waals surface area contributed by atoms with Gasteiger partial charge in [0.05, 0.1) is 11.1 Å². The van der Waals surface area contributed by atoms with Gasteiger partial charge in [0.15, 0.2) is 0 Å². The number of aryl methyl sites for hydroxylation is 1. The van der Waals surface area contributed by atoms with E-state index in [2.05, 4.69) is 23.2 Å². The van der Waals surface area contributed by atoms with Crippen molar-refractivity contribution in [3.05, 3.63) is 89.5 Å². The molecule has 128 valence electrons. The van der Waals surface area contributed by atoms with Crippen LogP contribution in [0.1, 0.15) is 16.7 Å². The van der Waals surface area contributed by atoms with Gasteiger partial charge in [-0.1, -0.05) is 30.3 Å². The van der Waals surface area contributed by atoms with Crippen LogP contribution in [0.4, 0.5) is 8.78 Å². The number of imidazole rings is 1. The fraction of sp³-hybridized carbons (Fsp3) is 0.250. The lowest BCUT2D eigenvalue weighted by Gasteiger charge is -2.39. The molecule has 0 N–H and O–H groups in total. The number of nitrogens with zero attached hydrogens (tertiary/aromatic N) is 2. The van der Waals surface area contributed by atoms with Gasteiger partial charge in [-0.15, -0.1) is 11.8 Å². The fourth-order valence-corrected chi connectivity index (χ4v) is 5.16. The SMILES string of the molecule is Fc1ccc(CC2(Cn3ccnc3)SCCc3ccccc32)c(F)c1. The van der Waals surface area contributed by atoms with Crippen molar-refractivity contribution < 1.29 is 8.78 Å². The second-order valence-corrected chi connectivity index (χ2v) is 7.88. The van der Waals surface area contributed by atoms with Gasteiger partial charge in [0.1, 0.15) is 11.6 Å². The Kier molecular flexibility index (Phi) is 4.34. The summed E-state index contributed by atoms with van der Waals surface area (Å²) in [5.74, 6) is -0.0376. The lowest BCUT2D eigenvalue weighted by atomic mass is 9.86. The number of halogens is 2. The summed E-state index contributed by atoms with van der Waals surface area (Å²) in [7, 11) is 0. The minimum atomic E-state index is -0.540. The molecule has 2 nitrogen and oxygen atoms in total. The quantitative estimate of drug-likeness (QED) is 0.680. The maximum Gasteiger partial charge on any atom is 0.129 e. The minimum Gasteiger partial charge on any atom is -0.336 e. The molecule has 2 aromatic carbocycles. The molecule has 0 saturated heterocycles. The monoisotopic (exact) mass is 356 g/mol. The molecule has 0 radical (unpaired) electrons. The zero-order chi connectivity index (χ0) is 17.3. The van der Waals surface area contributed by atoms with Crippen molar-refractivity contribution in [2.75, 3.05) is 5.75 Å². The largest absolute Gasteiger partial charge is 0.336 e. The number of aromatic nitrogens is 2. The molecule has 0 saturated carbocycles. The minimum absolute atomic E-state index is 0.297. The van der Waals surface area contributed by atoms with E-state index >= 15 is 0 Å². The molecule has 3 aromatic rings. The number of hydrogen-bond acceptors (Lipinski definition) is 2. The van der Waals surface area contributed by atoms with Gasteiger partial charge in [0, 0.05) is 25.0 Å². The third-order valence-corrected chi connectivity index (χ3v) is 6.20. The maximum atomic E-state index is 14.4. The molecule has 25 heavy (non-hydrogen) atoms. The summed E-state index contributed by atoms with van der Waals surface area (Å²) in [6.45, 7) is 0.700. The van der Waals surface area contributed by atoms with Crippen molar-refractivity contribution in [2.45, 2.75) is 24.1 Å². The smallest absolute Gasteiger partial charge is 0.129 e. The number of fused-ring (bicyclic) bond motifs is 1. The standard InChI is InChI=1S/C20H18F2N2S/c21-17-6-5-16(19(22)11-17)12-20(13-24-9-8-23-14-24)18-4-2-1-3-15(18)7-10-25-20/h1-6,8-9,11,14H,7,10,12-13H2. The molecule has 0 spiro atoms. The molecule has 0 fully saturated rings. The average Bonchev–Trinajstić information content (AvgIpc) is 3.11. The van der Waals surface area contributed by atoms with Crippen molar-refractivity contribution in [2.24, 2.45) is 0 Å². The Morgan fingerprint density at radius 1 is 1.16 bits per heavy atom. The highest BCUT2D eigenvalue weighted by molar-refractivity contribution is 8.00. The Labute approximate surface area is 149 Å². The van der Waals surface area contributed by atoms with Crippen LogP contribution >= 0.6 is 11.8 Å². The summed E-state index contributed by atoms with van der Waals surface area (Å²) in [5.41, 5.74) is 3.10. The molecule has 1 aliphatic rings. The van der Waals surface area contributed by atoms with Crippen LogP contribution in [0.15, 0.2) is 61.2 Å². The highest BCUT2D eigenvalue weighted by Gasteiger charge is 2.38. The van der Waals surface area contributed by atoms with Crippen LogP contribution in [-0.2, 0) is 24.1 Å². The summed E-state index contributed by atoms with van der Waals surface area (Å²) in [6, 6.07) is 12.3. The van der Waals surface area contributed by atoms with E-state index in [1.807, 2.05) is 28.6 Å². The Morgan fingerprint density at radius 2 is 2.04 bits per heavy atom. The number of hydrogen-bond donors (Lipinski definition) is 0. The summed E-state index contributed by atoms with van der Waals surface area (Å²) in [4.78, 5) is 4.14. The lowest BCUT2D eigenvalue weighted by molar-refractivity contribution is 0.484. The molecular weight excluding hydrogens is 338 g/mol. The van der Waals surface area contributed by atoms with Crippen LogP contribution in [0.25, 0.3) is 0 Å². The van der Waals surface area contributed by atoms with Crippen molar-refractivity contribution in [3.63, 3.8) is 0 Å². The van der Waals surface area contributed by atoms with Gasteiger partial charge < -0.3 is 4.57 Å². The van der Waals surface area contributed by atoms with Crippen molar-refractivity contribution in [1.82, 2.24) is 9.55 Å². The Balaban J connectivity index is 1.80. The highest BCUT2D eigenvalue weighted by Crippen LogP contribution is 2.46. The van der Waals surface area contributed by atoms with E-state index in [9.17, 15) is 8.78 Å². The van der Waals surface area contributed by atoms with Crippen LogP contribution in [0.5, 0.6) is 0 Å².